The Kier molecular flexibility index (Phi) is 4.06. The number of hydrogen-bond acceptors (Lipinski definition) is 4. The monoisotopic (exact) mass is 243 g/mol. The van der Waals surface area contributed by atoms with Crippen LogP contribution in [0.2, 0.25) is 0 Å². The lowest BCUT2D eigenvalue weighted by Crippen LogP contribution is -2.44. The molecule has 7 nitrogen and oxygen atoms in total. The van der Waals surface area contributed by atoms with Gasteiger partial charge in [-0.2, -0.15) is 0 Å². The van der Waals surface area contributed by atoms with E-state index < -0.39 is 23.4 Å². The Morgan fingerprint density at radius 3 is 2.65 bits per heavy atom. The van der Waals surface area contributed by atoms with Gasteiger partial charge in [-0.3, -0.25) is 14.5 Å². The summed E-state index contributed by atoms with van der Waals surface area (Å²) in [6, 6.07) is -0.557. The molecule has 0 radical (unpaired) electrons. The van der Waals surface area contributed by atoms with Gasteiger partial charge in [0.15, 0.2) is 0 Å². The maximum absolute atomic E-state index is 11.9. The molecule has 17 heavy (non-hydrogen) atoms. The van der Waals surface area contributed by atoms with Crippen LogP contribution in [0.5, 0.6) is 0 Å². The summed E-state index contributed by atoms with van der Waals surface area (Å²) in [4.78, 5) is 35.7. The van der Waals surface area contributed by atoms with Gasteiger partial charge >= 0.3 is 6.03 Å². The zero-order valence-electron chi connectivity index (χ0n) is 9.95. The van der Waals surface area contributed by atoms with Crippen molar-refractivity contribution in [1.29, 1.82) is 0 Å². The third-order valence-corrected chi connectivity index (χ3v) is 2.79. The van der Waals surface area contributed by atoms with Gasteiger partial charge in [0.05, 0.1) is 6.61 Å². The van der Waals surface area contributed by atoms with Crippen molar-refractivity contribution < 1.29 is 19.5 Å². The number of hydrogen-bond donors (Lipinski definition) is 3. The fourth-order valence-corrected chi connectivity index (χ4v) is 1.53. The molecule has 0 bridgehead atoms. The fraction of sp³-hybridized carbons (Fsp3) is 0.700. The molecular weight excluding hydrogens is 226 g/mol. The van der Waals surface area contributed by atoms with Gasteiger partial charge in [-0.1, -0.05) is 6.92 Å². The molecule has 4 amide bonds. The SMILES string of the molecule is CCC1(C)NC(=O)N(CC(=O)NCCO)C1=O. The van der Waals surface area contributed by atoms with Crippen LogP contribution in [0.1, 0.15) is 20.3 Å². The number of rotatable bonds is 5. The molecule has 0 aromatic rings. The Bertz CT molecular complexity index is 344. The Hall–Kier alpha value is -1.63. The van der Waals surface area contributed by atoms with Crippen molar-refractivity contribution in [3.05, 3.63) is 0 Å². The second-order valence-electron chi connectivity index (χ2n) is 4.08. The van der Waals surface area contributed by atoms with Crippen molar-refractivity contribution in [3.8, 4) is 0 Å². The van der Waals surface area contributed by atoms with Crippen molar-refractivity contribution in [2.75, 3.05) is 19.7 Å². The van der Waals surface area contributed by atoms with Crippen LogP contribution in [0, 0.1) is 0 Å². The molecule has 0 aromatic heterocycles. The predicted molar refractivity (Wildman–Crippen MR) is 59.0 cm³/mol. The summed E-state index contributed by atoms with van der Waals surface area (Å²) in [5.74, 6) is -0.868. The summed E-state index contributed by atoms with van der Waals surface area (Å²) >= 11 is 0. The molecule has 0 spiro atoms. The Morgan fingerprint density at radius 2 is 2.18 bits per heavy atom. The number of aliphatic hydroxyl groups is 1. The normalized spacial score (nSPS) is 23.8. The summed E-state index contributed by atoms with van der Waals surface area (Å²) in [6.45, 7) is 3.01. The van der Waals surface area contributed by atoms with Crippen molar-refractivity contribution >= 4 is 17.8 Å². The lowest BCUT2D eigenvalue weighted by molar-refractivity contribution is -0.134. The van der Waals surface area contributed by atoms with Crippen LogP contribution in [0.15, 0.2) is 0 Å². The molecule has 0 aromatic carbocycles. The van der Waals surface area contributed by atoms with Gasteiger partial charge in [0.2, 0.25) is 5.91 Å². The molecule has 1 aliphatic rings. The average Bonchev–Trinajstić information content (AvgIpc) is 2.51. The number of imide groups is 1. The van der Waals surface area contributed by atoms with E-state index in [9.17, 15) is 14.4 Å². The van der Waals surface area contributed by atoms with Gasteiger partial charge in [-0.05, 0) is 13.3 Å². The molecule has 1 unspecified atom stereocenters. The zero-order valence-corrected chi connectivity index (χ0v) is 9.95. The topological polar surface area (TPSA) is 98.7 Å². The van der Waals surface area contributed by atoms with E-state index in [0.29, 0.717) is 6.42 Å². The maximum atomic E-state index is 11.9. The quantitative estimate of drug-likeness (QED) is 0.529. The lowest BCUT2D eigenvalue weighted by Gasteiger charge is -2.18. The van der Waals surface area contributed by atoms with Crippen LogP contribution in [-0.4, -0.2) is 53.1 Å². The highest BCUT2D eigenvalue weighted by Crippen LogP contribution is 2.20. The molecule has 96 valence electrons. The minimum absolute atomic E-state index is 0.105. The van der Waals surface area contributed by atoms with Crippen molar-refractivity contribution in [1.82, 2.24) is 15.5 Å². The maximum Gasteiger partial charge on any atom is 0.325 e. The van der Waals surface area contributed by atoms with E-state index in [-0.39, 0.29) is 19.7 Å². The van der Waals surface area contributed by atoms with Gasteiger partial charge < -0.3 is 15.7 Å². The predicted octanol–water partition coefficient (Wildman–Crippen LogP) is -1.18. The zero-order chi connectivity index (χ0) is 13.1. The molecule has 1 rings (SSSR count). The fourth-order valence-electron chi connectivity index (χ4n) is 1.53. The second kappa shape index (κ2) is 5.13. The second-order valence-corrected chi connectivity index (χ2v) is 4.08. The number of carbonyl (C=O) groups excluding carboxylic acids is 3. The van der Waals surface area contributed by atoms with Crippen LogP contribution in [0.4, 0.5) is 4.79 Å². The van der Waals surface area contributed by atoms with Gasteiger partial charge in [0.1, 0.15) is 12.1 Å². The summed E-state index contributed by atoms with van der Waals surface area (Å²) in [5, 5.41) is 13.5. The number of nitrogens with zero attached hydrogens (tertiary/aromatic N) is 1. The van der Waals surface area contributed by atoms with Gasteiger partial charge in [-0.25, -0.2) is 4.79 Å². The van der Waals surface area contributed by atoms with Crippen LogP contribution < -0.4 is 10.6 Å². The van der Waals surface area contributed by atoms with E-state index in [1.165, 1.54) is 0 Å². The third kappa shape index (κ3) is 2.73. The van der Waals surface area contributed by atoms with Gasteiger partial charge in [0, 0.05) is 6.54 Å². The number of carbonyl (C=O) groups is 3. The molecule has 1 saturated heterocycles. The first-order chi connectivity index (χ1) is 7.94. The largest absolute Gasteiger partial charge is 0.395 e. The van der Waals surface area contributed by atoms with Crippen LogP contribution in [-0.2, 0) is 9.59 Å². The molecular formula is C10H17N3O4. The van der Waals surface area contributed by atoms with E-state index in [2.05, 4.69) is 10.6 Å². The smallest absolute Gasteiger partial charge is 0.325 e. The molecule has 1 heterocycles. The number of aliphatic hydroxyl groups excluding tert-OH is 1. The lowest BCUT2D eigenvalue weighted by atomic mass is 9.99. The summed E-state index contributed by atoms with van der Waals surface area (Å²) in [6.07, 6.45) is 0.465. The Morgan fingerprint density at radius 1 is 1.53 bits per heavy atom. The highest BCUT2D eigenvalue weighted by Gasteiger charge is 2.46. The van der Waals surface area contributed by atoms with Crippen LogP contribution >= 0.6 is 0 Å². The van der Waals surface area contributed by atoms with Crippen LogP contribution in [0.3, 0.4) is 0 Å². The highest BCUT2D eigenvalue weighted by molar-refractivity contribution is 6.08. The van der Waals surface area contributed by atoms with E-state index in [0.717, 1.165) is 4.90 Å². The van der Waals surface area contributed by atoms with Crippen LogP contribution in [0.25, 0.3) is 0 Å². The van der Waals surface area contributed by atoms with E-state index >= 15 is 0 Å². The first-order valence-electron chi connectivity index (χ1n) is 5.46. The van der Waals surface area contributed by atoms with E-state index in [1.807, 2.05) is 0 Å². The third-order valence-electron chi connectivity index (χ3n) is 2.79. The minimum Gasteiger partial charge on any atom is -0.395 e. The minimum atomic E-state index is -0.922. The average molecular weight is 243 g/mol. The molecule has 0 aliphatic carbocycles. The number of urea groups is 1. The molecule has 0 saturated carbocycles. The van der Waals surface area contributed by atoms with Crippen molar-refractivity contribution in [3.63, 3.8) is 0 Å². The van der Waals surface area contributed by atoms with Crippen molar-refractivity contribution in [2.24, 2.45) is 0 Å². The molecule has 1 atom stereocenters. The molecule has 3 N–H and O–H groups in total. The van der Waals surface area contributed by atoms with Gasteiger partial charge in [-0.15, -0.1) is 0 Å². The first-order valence-corrected chi connectivity index (χ1v) is 5.46. The van der Waals surface area contributed by atoms with E-state index in [4.69, 9.17) is 5.11 Å². The van der Waals surface area contributed by atoms with Crippen molar-refractivity contribution in [2.45, 2.75) is 25.8 Å². The standard InChI is InChI=1S/C10H17N3O4/c1-3-10(2)8(16)13(9(17)12-10)6-7(15)11-4-5-14/h14H,3-6H2,1-2H3,(H,11,15)(H,12,17). The van der Waals surface area contributed by atoms with Gasteiger partial charge in [0.25, 0.3) is 5.91 Å². The molecule has 7 heteroatoms. The Labute approximate surface area is 99.2 Å². The summed E-state index contributed by atoms with van der Waals surface area (Å²) < 4.78 is 0. The Balaban J connectivity index is 2.63. The summed E-state index contributed by atoms with van der Waals surface area (Å²) in [5.41, 5.74) is -0.922. The van der Waals surface area contributed by atoms with E-state index in [1.54, 1.807) is 13.8 Å². The molecule has 1 aliphatic heterocycles. The highest BCUT2D eigenvalue weighted by atomic mass is 16.3. The summed E-state index contributed by atoms with van der Waals surface area (Å²) in [7, 11) is 0. The number of nitrogens with one attached hydrogen (secondary N) is 2. The number of amides is 4. The first kappa shape index (κ1) is 13.4. The molecule has 1 fully saturated rings.